The van der Waals surface area contributed by atoms with Crippen LogP contribution in [0, 0.1) is 5.41 Å². The van der Waals surface area contributed by atoms with Crippen LogP contribution < -0.4 is 4.74 Å². The van der Waals surface area contributed by atoms with Crippen molar-refractivity contribution in [1.82, 2.24) is 0 Å². The summed E-state index contributed by atoms with van der Waals surface area (Å²) >= 11 is 9.43. The first-order chi connectivity index (χ1) is 7.84. The van der Waals surface area contributed by atoms with E-state index in [1.807, 2.05) is 32.9 Å². The fourth-order valence-corrected chi connectivity index (χ4v) is 1.84. The summed E-state index contributed by atoms with van der Waals surface area (Å²) in [5, 5.41) is 1.35. The summed E-state index contributed by atoms with van der Waals surface area (Å²) in [4.78, 5) is 11.7. The van der Waals surface area contributed by atoms with Gasteiger partial charge in [0.25, 0.3) is 0 Å². The van der Waals surface area contributed by atoms with Crippen LogP contribution in [0.4, 0.5) is 0 Å². The minimum Gasteiger partial charge on any atom is -0.425 e. The van der Waals surface area contributed by atoms with Crippen LogP contribution in [0.5, 0.6) is 5.75 Å². The fraction of sp³-hybridized carbons (Fsp3) is 0.462. The summed E-state index contributed by atoms with van der Waals surface area (Å²) in [6, 6.07) is 5.48. The van der Waals surface area contributed by atoms with Gasteiger partial charge in [-0.05, 0) is 44.9 Å². The second-order valence-corrected chi connectivity index (χ2v) is 6.04. The summed E-state index contributed by atoms with van der Waals surface area (Å²) in [7, 11) is 0. The van der Waals surface area contributed by atoms with Crippen molar-refractivity contribution in [3.63, 3.8) is 0 Å². The van der Waals surface area contributed by atoms with E-state index >= 15 is 0 Å². The zero-order valence-corrected chi connectivity index (χ0v) is 12.6. The van der Waals surface area contributed by atoms with Gasteiger partial charge in [0.05, 0.1) is 10.4 Å². The average Bonchev–Trinajstić information content (AvgIpc) is 2.21. The molecule has 0 aliphatic heterocycles. The smallest absolute Gasteiger partial charge is 0.316 e. The fourth-order valence-electron chi connectivity index (χ4n) is 1.14. The standard InChI is InChI=1S/C13H16BrClO2/c1-13(2,3)12(16)17-11-5-4-9(6-7-14)8-10(11)15/h4-5,8H,6-7H2,1-3H3. The van der Waals surface area contributed by atoms with Gasteiger partial charge in [0.15, 0.2) is 0 Å². The van der Waals surface area contributed by atoms with Crippen LogP contribution in [0.2, 0.25) is 5.02 Å². The lowest BCUT2D eigenvalue weighted by molar-refractivity contribution is -0.142. The van der Waals surface area contributed by atoms with E-state index in [9.17, 15) is 4.79 Å². The largest absolute Gasteiger partial charge is 0.425 e. The zero-order valence-electron chi connectivity index (χ0n) is 10.2. The SMILES string of the molecule is CC(C)(C)C(=O)Oc1ccc(CCBr)cc1Cl. The van der Waals surface area contributed by atoms with Gasteiger partial charge in [-0.2, -0.15) is 0 Å². The Morgan fingerprint density at radius 2 is 2.06 bits per heavy atom. The van der Waals surface area contributed by atoms with E-state index in [0.29, 0.717) is 10.8 Å². The van der Waals surface area contributed by atoms with E-state index in [1.54, 1.807) is 6.07 Å². The monoisotopic (exact) mass is 318 g/mol. The Balaban J connectivity index is 2.83. The Kier molecular flexibility index (Phi) is 5.02. The van der Waals surface area contributed by atoms with E-state index in [2.05, 4.69) is 15.9 Å². The highest BCUT2D eigenvalue weighted by molar-refractivity contribution is 9.09. The number of hydrogen-bond acceptors (Lipinski definition) is 2. The van der Waals surface area contributed by atoms with E-state index in [0.717, 1.165) is 17.3 Å². The van der Waals surface area contributed by atoms with Gasteiger partial charge in [0.2, 0.25) is 0 Å². The number of ether oxygens (including phenoxy) is 1. The van der Waals surface area contributed by atoms with Crippen LogP contribution in [0.1, 0.15) is 26.3 Å². The van der Waals surface area contributed by atoms with Gasteiger partial charge in [-0.25, -0.2) is 0 Å². The predicted molar refractivity (Wildman–Crippen MR) is 74.0 cm³/mol. The third kappa shape index (κ3) is 4.32. The van der Waals surface area contributed by atoms with Crippen LogP contribution in [0.3, 0.4) is 0 Å². The summed E-state index contributed by atoms with van der Waals surface area (Å²) in [6.07, 6.45) is 0.896. The highest BCUT2D eigenvalue weighted by Gasteiger charge is 2.24. The quantitative estimate of drug-likeness (QED) is 0.473. The third-order valence-electron chi connectivity index (χ3n) is 2.19. The highest BCUT2D eigenvalue weighted by atomic mass is 79.9. The summed E-state index contributed by atoms with van der Waals surface area (Å²) in [5.41, 5.74) is 0.583. The van der Waals surface area contributed by atoms with Gasteiger partial charge in [-0.3, -0.25) is 4.79 Å². The number of hydrogen-bond donors (Lipinski definition) is 0. The molecular weight excluding hydrogens is 303 g/mol. The molecule has 0 saturated heterocycles. The van der Waals surface area contributed by atoms with Crippen molar-refractivity contribution < 1.29 is 9.53 Å². The second kappa shape index (κ2) is 5.87. The van der Waals surface area contributed by atoms with Gasteiger partial charge in [-0.15, -0.1) is 0 Å². The van der Waals surface area contributed by atoms with Crippen molar-refractivity contribution >= 4 is 33.5 Å². The molecule has 1 aromatic carbocycles. The molecule has 0 aliphatic carbocycles. The minimum atomic E-state index is -0.530. The van der Waals surface area contributed by atoms with Crippen LogP contribution in [-0.2, 0) is 11.2 Å². The zero-order chi connectivity index (χ0) is 13.1. The lowest BCUT2D eigenvalue weighted by atomic mass is 9.97. The molecule has 2 nitrogen and oxygen atoms in total. The number of carbonyl (C=O) groups is 1. The van der Waals surface area contributed by atoms with Gasteiger partial charge in [-0.1, -0.05) is 33.6 Å². The number of halogens is 2. The normalized spacial score (nSPS) is 11.4. The molecule has 0 spiro atoms. The maximum absolute atomic E-state index is 11.7. The van der Waals surface area contributed by atoms with Crippen molar-refractivity contribution in [2.45, 2.75) is 27.2 Å². The minimum absolute atomic E-state index is 0.285. The van der Waals surface area contributed by atoms with E-state index < -0.39 is 5.41 Å². The number of alkyl halides is 1. The molecule has 0 fully saturated rings. The Bertz CT molecular complexity index is 410. The molecule has 1 rings (SSSR count). The number of rotatable bonds is 3. The molecule has 0 aromatic heterocycles. The van der Waals surface area contributed by atoms with Crippen LogP contribution in [-0.4, -0.2) is 11.3 Å². The van der Waals surface area contributed by atoms with Gasteiger partial charge in [0.1, 0.15) is 5.75 Å². The van der Waals surface area contributed by atoms with E-state index in [-0.39, 0.29) is 5.97 Å². The Morgan fingerprint density at radius 3 is 2.53 bits per heavy atom. The molecular formula is C13H16BrClO2. The maximum atomic E-state index is 11.7. The van der Waals surface area contributed by atoms with Crippen LogP contribution in [0.25, 0.3) is 0 Å². The third-order valence-corrected chi connectivity index (χ3v) is 2.89. The number of carbonyl (C=O) groups excluding carboxylic acids is 1. The van der Waals surface area contributed by atoms with Gasteiger partial charge >= 0.3 is 5.97 Å². The summed E-state index contributed by atoms with van der Waals surface area (Å²) in [5.74, 6) is 0.137. The predicted octanol–water partition coefficient (Wildman–Crippen LogP) is 4.23. The van der Waals surface area contributed by atoms with Crippen LogP contribution in [0.15, 0.2) is 18.2 Å². The summed E-state index contributed by atoms with van der Waals surface area (Å²) < 4.78 is 5.26. The first-order valence-corrected chi connectivity index (χ1v) is 6.91. The molecule has 4 heteroatoms. The molecule has 94 valence electrons. The first kappa shape index (κ1) is 14.5. The molecule has 0 unspecified atom stereocenters. The molecule has 0 N–H and O–H groups in total. The van der Waals surface area contributed by atoms with Crippen LogP contribution >= 0.6 is 27.5 Å². The molecule has 0 amide bonds. The molecule has 0 aliphatic rings. The highest BCUT2D eigenvalue weighted by Crippen LogP contribution is 2.28. The van der Waals surface area contributed by atoms with Crippen molar-refractivity contribution in [1.29, 1.82) is 0 Å². The van der Waals surface area contributed by atoms with Crippen molar-refractivity contribution in [3.8, 4) is 5.75 Å². The average molecular weight is 320 g/mol. The van der Waals surface area contributed by atoms with E-state index in [4.69, 9.17) is 16.3 Å². The van der Waals surface area contributed by atoms with Gasteiger partial charge in [0, 0.05) is 5.33 Å². The molecule has 1 aromatic rings. The Labute approximate surface area is 115 Å². The topological polar surface area (TPSA) is 26.3 Å². The van der Waals surface area contributed by atoms with Crippen molar-refractivity contribution in [2.24, 2.45) is 5.41 Å². The van der Waals surface area contributed by atoms with Crippen molar-refractivity contribution in [2.75, 3.05) is 5.33 Å². The Morgan fingerprint density at radius 1 is 1.41 bits per heavy atom. The second-order valence-electron chi connectivity index (χ2n) is 4.84. The van der Waals surface area contributed by atoms with Gasteiger partial charge < -0.3 is 4.74 Å². The first-order valence-electron chi connectivity index (χ1n) is 5.41. The molecule has 17 heavy (non-hydrogen) atoms. The summed E-state index contributed by atoms with van der Waals surface area (Å²) in [6.45, 7) is 5.42. The Hall–Kier alpha value is -0.540. The lowest BCUT2D eigenvalue weighted by Gasteiger charge is -2.17. The number of aryl methyl sites for hydroxylation is 1. The number of esters is 1. The molecule has 0 heterocycles. The molecule has 0 saturated carbocycles. The number of benzene rings is 1. The molecule has 0 radical (unpaired) electrons. The molecule has 0 atom stereocenters. The van der Waals surface area contributed by atoms with E-state index in [1.165, 1.54) is 0 Å². The lowest BCUT2D eigenvalue weighted by Crippen LogP contribution is -2.25. The van der Waals surface area contributed by atoms with Crippen molar-refractivity contribution in [3.05, 3.63) is 28.8 Å². The molecule has 0 bridgehead atoms. The maximum Gasteiger partial charge on any atom is 0.316 e.